The summed E-state index contributed by atoms with van der Waals surface area (Å²) in [6.45, 7) is 0.546. The molecule has 2 aliphatic rings. The summed E-state index contributed by atoms with van der Waals surface area (Å²) in [6.07, 6.45) is 1.48. The highest BCUT2D eigenvalue weighted by Crippen LogP contribution is 2.22. The van der Waals surface area contributed by atoms with Crippen molar-refractivity contribution < 1.29 is 19.1 Å². The number of hydrogen-bond donors (Lipinski definition) is 1. The van der Waals surface area contributed by atoms with Crippen LogP contribution in [0.1, 0.15) is 12.8 Å². The van der Waals surface area contributed by atoms with Gasteiger partial charge in [0.05, 0.1) is 7.11 Å². The molecule has 0 saturated carbocycles. The highest BCUT2D eigenvalue weighted by molar-refractivity contribution is 6.09. The van der Waals surface area contributed by atoms with Crippen molar-refractivity contribution in [2.45, 2.75) is 24.9 Å². The van der Waals surface area contributed by atoms with Crippen LogP contribution < -0.4 is 5.32 Å². The van der Waals surface area contributed by atoms with Crippen LogP contribution in [0.5, 0.6) is 0 Å². The van der Waals surface area contributed by atoms with E-state index in [1.165, 1.54) is 12.0 Å². The van der Waals surface area contributed by atoms with Crippen molar-refractivity contribution in [1.82, 2.24) is 10.2 Å². The zero-order chi connectivity index (χ0) is 11.0. The minimum atomic E-state index is -1.16. The molecule has 82 valence electrons. The summed E-state index contributed by atoms with van der Waals surface area (Å²) >= 11 is 0. The van der Waals surface area contributed by atoms with Crippen molar-refractivity contribution in [2.24, 2.45) is 0 Å². The van der Waals surface area contributed by atoms with Crippen LogP contribution in [0.2, 0.25) is 0 Å². The van der Waals surface area contributed by atoms with Gasteiger partial charge in [0.25, 0.3) is 5.91 Å². The van der Waals surface area contributed by atoms with Crippen molar-refractivity contribution in [2.75, 3.05) is 13.7 Å². The fraction of sp³-hybridized carbons (Fsp3) is 0.667. The molecule has 15 heavy (non-hydrogen) atoms. The molecule has 1 N–H and O–H groups in total. The number of esters is 1. The largest absolute Gasteiger partial charge is 0.467 e. The van der Waals surface area contributed by atoms with Gasteiger partial charge < -0.3 is 15.0 Å². The summed E-state index contributed by atoms with van der Waals surface area (Å²) in [5.74, 6) is -1.33. The van der Waals surface area contributed by atoms with Gasteiger partial charge in [-0.3, -0.25) is 9.59 Å². The average Bonchev–Trinajstić information content (AvgIpc) is 2.71. The molecule has 2 rings (SSSR count). The zero-order valence-corrected chi connectivity index (χ0v) is 8.36. The number of piperazine rings is 1. The molecule has 0 radical (unpaired) electrons. The van der Waals surface area contributed by atoms with Crippen LogP contribution in [-0.2, 0) is 19.1 Å². The molecule has 0 bridgehead atoms. The average molecular weight is 212 g/mol. The Balaban J connectivity index is 2.20. The number of ether oxygens (including phenoxy) is 1. The number of rotatable bonds is 1. The molecule has 6 heteroatoms. The topological polar surface area (TPSA) is 75.7 Å². The van der Waals surface area contributed by atoms with E-state index < -0.39 is 18.1 Å². The molecule has 2 atom stereocenters. The molecule has 0 spiro atoms. The molecule has 2 saturated heterocycles. The molecule has 0 aliphatic carbocycles. The summed E-state index contributed by atoms with van der Waals surface area (Å²) in [7, 11) is 1.19. The number of carbonyl (C=O) groups excluding carboxylic acids is 3. The summed E-state index contributed by atoms with van der Waals surface area (Å²) < 4.78 is 4.46. The Kier molecular flexibility index (Phi) is 2.34. The van der Waals surface area contributed by atoms with Crippen molar-refractivity contribution in [1.29, 1.82) is 0 Å². The van der Waals surface area contributed by atoms with E-state index in [-0.39, 0.29) is 11.8 Å². The lowest BCUT2D eigenvalue weighted by Gasteiger charge is -2.33. The first-order valence-electron chi connectivity index (χ1n) is 4.84. The zero-order valence-electron chi connectivity index (χ0n) is 8.36. The van der Waals surface area contributed by atoms with Crippen molar-refractivity contribution >= 4 is 17.8 Å². The lowest BCUT2D eigenvalue weighted by Crippen LogP contribution is -2.63. The predicted molar refractivity (Wildman–Crippen MR) is 48.7 cm³/mol. The van der Waals surface area contributed by atoms with Gasteiger partial charge in [0.2, 0.25) is 11.9 Å². The van der Waals surface area contributed by atoms with Gasteiger partial charge in [0.1, 0.15) is 6.04 Å². The monoisotopic (exact) mass is 212 g/mol. The molecule has 0 aromatic heterocycles. The van der Waals surface area contributed by atoms with Crippen LogP contribution in [0.3, 0.4) is 0 Å². The minimum absolute atomic E-state index is 0.262. The SMILES string of the molecule is COC(=O)C1NC(=O)[C@@H]2CCCN2C1=O. The lowest BCUT2D eigenvalue weighted by molar-refractivity contribution is -0.158. The van der Waals surface area contributed by atoms with Gasteiger partial charge in [-0.05, 0) is 12.8 Å². The van der Waals surface area contributed by atoms with E-state index in [0.717, 1.165) is 6.42 Å². The molecule has 0 aromatic rings. The second-order valence-corrected chi connectivity index (χ2v) is 3.65. The standard InChI is InChI=1S/C9H12N2O4/c1-15-9(14)6-8(13)11-4-2-3-5(11)7(12)10-6/h5-6H,2-4H2,1H3,(H,10,12)/t5-,6?/m0/s1. The number of carbonyl (C=O) groups is 3. The molecule has 1 unspecified atom stereocenters. The molecule has 2 heterocycles. The number of methoxy groups -OCH3 is 1. The van der Waals surface area contributed by atoms with Crippen LogP contribution in [0.15, 0.2) is 0 Å². The van der Waals surface area contributed by atoms with E-state index in [0.29, 0.717) is 13.0 Å². The van der Waals surface area contributed by atoms with Crippen molar-refractivity contribution in [3.05, 3.63) is 0 Å². The third-order valence-corrected chi connectivity index (χ3v) is 2.81. The quantitative estimate of drug-likeness (QED) is 0.430. The third-order valence-electron chi connectivity index (χ3n) is 2.81. The van der Waals surface area contributed by atoms with E-state index in [2.05, 4.69) is 10.1 Å². The second kappa shape index (κ2) is 3.52. The first-order valence-corrected chi connectivity index (χ1v) is 4.84. The van der Waals surface area contributed by atoms with Gasteiger partial charge >= 0.3 is 5.97 Å². The maximum absolute atomic E-state index is 11.8. The van der Waals surface area contributed by atoms with Crippen molar-refractivity contribution in [3.63, 3.8) is 0 Å². The van der Waals surface area contributed by atoms with E-state index in [4.69, 9.17) is 0 Å². The second-order valence-electron chi connectivity index (χ2n) is 3.65. The smallest absolute Gasteiger partial charge is 0.338 e. The number of amides is 2. The van der Waals surface area contributed by atoms with E-state index in [1.807, 2.05) is 0 Å². The molecule has 2 aliphatic heterocycles. The molecular formula is C9H12N2O4. The summed E-state index contributed by atoms with van der Waals surface area (Å²) in [5.41, 5.74) is 0. The lowest BCUT2D eigenvalue weighted by atomic mass is 10.1. The molecule has 2 fully saturated rings. The van der Waals surface area contributed by atoms with Gasteiger partial charge in [0, 0.05) is 6.54 Å². The van der Waals surface area contributed by atoms with Crippen molar-refractivity contribution in [3.8, 4) is 0 Å². The van der Waals surface area contributed by atoms with Gasteiger partial charge in [-0.1, -0.05) is 0 Å². The van der Waals surface area contributed by atoms with Crippen LogP contribution in [0, 0.1) is 0 Å². The maximum atomic E-state index is 11.8. The molecule has 0 aromatic carbocycles. The summed E-state index contributed by atoms with van der Waals surface area (Å²) in [6, 6.07) is -1.55. The Morgan fingerprint density at radius 1 is 1.53 bits per heavy atom. The summed E-state index contributed by atoms with van der Waals surface area (Å²) in [5, 5.41) is 2.38. The Labute approximate surface area is 86.6 Å². The highest BCUT2D eigenvalue weighted by Gasteiger charge is 2.46. The fourth-order valence-corrected chi connectivity index (χ4v) is 2.05. The van der Waals surface area contributed by atoms with Gasteiger partial charge in [-0.15, -0.1) is 0 Å². The van der Waals surface area contributed by atoms with E-state index >= 15 is 0 Å². The summed E-state index contributed by atoms with van der Waals surface area (Å²) in [4.78, 5) is 36.0. The van der Waals surface area contributed by atoms with Crippen LogP contribution in [0.25, 0.3) is 0 Å². The minimum Gasteiger partial charge on any atom is -0.467 e. The highest BCUT2D eigenvalue weighted by atomic mass is 16.5. The first kappa shape index (κ1) is 9.95. The molecule has 2 amide bonds. The molecule has 6 nitrogen and oxygen atoms in total. The Morgan fingerprint density at radius 2 is 2.27 bits per heavy atom. The van der Waals surface area contributed by atoms with Crippen LogP contribution in [0.4, 0.5) is 0 Å². The van der Waals surface area contributed by atoms with Gasteiger partial charge in [-0.25, -0.2) is 4.79 Å². The maximum Gasteiger partial charge on any atom is 0.338 e. The van der Waals surface area contributed by atoms with Crippen LogP contribution >= 0.6 is 0 Å². The first-order chi connectivity index (χ1) is 7.15. The number of fused-ring (bicyclic) bond motifs is 1. The Bertz CT molecular complexity index is 328. The Morgan fingerprint density at radius 3 is 2.93 bits per heavy atom. The van der Waals surface area contributed by atoms with E-state index in [1.54, 1.807) is 0 Å². The van der Waals surface area contributed by atoms with Crippen LogP contribution in [-0.4, -0.2) is 48.4 Å². The Hall–Kier alpha value is -1.59. The number of hydrogen-bond acceptors (Lipinski definition) is 4. The normalized spacial score (nSPS) is 29.8. The van der Waals surface area contributed by atoms with Gasteiger partial charge in [-0.2, -0.15) is 0 Å². The number of nitrogens with one attached hydrogen (secondary N) is 1. The predicted octanol–water partition coefficient (Wildman–Crippen LogP) is -1.35. The number of nitrogens with zero attached hydrogens (tertiary/aromatic N) is 1. The van der Waals surface area contributed by atoms with E-state index in [9.17, 15) is 14.4 Å². The van der Waals surface area contributed by atoms with Gasteiger partial charge in [0.15, 0.2) is 0 Å². The third kappa shape index (κ3) is 1.45. The fourth-order valence-electron chi connectivity index (χ4n) is 2.05. The molecular weight excluding hydrogens is 200 g/mol.